The Morgan fingerprint density at radius 3 is 1.86 bits per heavy atom. The molecule has 0 N–H and O–H groups in total. The first-order chi connectivity index (χ1) is 6.23. The average molecular weight is 198 g/mol. The second kappa shape index (κ2) is 3.84. The molecule has 0 amide bonds. The molecule has 1 aliphatic heterocycles. The van der Waals surface area contributed by atoms with Gasteiger partial charge in [-0.2, -0.15) is 0 Å². The van der Waals surface area contributed by atoms with E-state index in [2.05, 4.69) is 41.5 Å². The third-order valence-electron chi connectivity index (χ3n) is 3.29. The zero-order valence-electron chi connectivity index (χ0n) is 10.7. The highest BCUT2D eigenvalue weighted by Gasteiger charge is 2.40. The molecule has 0 saturated carbocycles. The summed E-state index contributed by atoms with van der Waals surface area (Å²) in [5.41, 5.74) is 0.650. The number of hydrogen-bond acceptors (Lipinski definition) is 1. The van der Waals surface area contributed by atoms with E-state index in [1.54, 1.807) is 0 Å². The van der Waals surface area contributed by atoms with Crippen LogP contribution in [0.4, 0.5) is 0 Å². The third-order valence-corrected chi connectivity index (χ3v) is 3.29. The van der Waals surface area contributed by atoms with Crippen LogP contribution in [-0.4, -0.2) is 12.7 Å². The van der Waals surface area contributed by atoms with Crippen molar-refractivity contribution in [2.45, 2.75) is 60.5 Å². The van der Waals surface area contributed by atoms with Crippen LogP contribution in [0.2, 0.25) is 0 Å². The molecule has 1 saturated heterocycles. The van der Waals surface area contributed by atoms with Gasteiger partial charge in [0, 0.05) is 6.61 Å². The maximum absolute atomic E-state index is 5.98. The molecule has 0 aromatic carbocycles. The summed E-state index contributed by atoms with van der Waals surface area (Å²) in [5, 5.41) is 0. The van der Waals surface area contributed by atoms with Gasteiger partial charge >= 0.3 is 0 Å². The molecule has 0 aromatic heterocycles. The molecule has 1 heterocycles. The van der Waals surface area contributed by atoms with Gasteiger partial charge in [-0.25, -0.2) is 0 Å². The van der Waals surface area contributed by atoms with Crippen molar-refractivity contribution < 1.29 is 4.74 Å². The van der Waals surface area contributed by atoms with Crippen LogP contribution < -0.4 is 0 Å². The van der Waals surface area contributed by atoms with Gasteiger partial charge < -0.3 is 4.74 Å². The van der Waals surface area contributed by atoms with Gasteiger partial charge in [-0.3, -0.25) is 0 Å². The Morgan fingerprint density at radius 1 is 0.929 bits per heavy atom. The van der Waals surface area contributed by atoms with E-state index in [9.17, 15) is 0 Å². The summed E-state index contributed by atoms with van der Waals surface area (Å²) in [6, 6.07) is 0. The van der Waals surface area contributed by atoms with Crippen molar-refractivity contribution >= 4 is 0 Å². The van der Waals surface area contributed by atoms with Gasteiger partial charge in [0.2, 0.25) is 0 Å². The van der Waals surface area contributed by atoms with Gasteiger partial charge in [0.15, 0.2) is 0 Å². The molecular formula is C13H26O. The SMILES string of the molecule is CC(C)(C)C1CCCOC1C(C)(C)C. The molecular weight excluding hydrogens is 172 g/mol. The van der Waals surface area contributed by atoms with Gasteiger partial charge in [0.25, 0.3) is 0 Å². The second-order valence-corrected chi connectivity index (χ2v) is 6.77. The second-order valence-electron chi connectivity index (χ2n) is 6.77. The van der Waals surface area contributed by atoms with Gasteiger partial charge in [-0.15, -0.1) is 0 Å². The molecule has 0 spiro atoms. The molecule has 84 valence electrons. The number of hydrogen-bond donors (Lipinski definition) is 0. The fraction of sp³-hybridized carbons (Fsp3) is 1.00. The maximum Gasteiger partial charge on any atom is 0.0656 e. The quantitative estimate of drug-likeness (QED) is 0.574. The van der Waals surface area contributed by atoms with Crippen molar-refractivity contribution in [1.82, 2.24) is 0 Å². The monoisotopic (exact) mass is 198 g/mol. The lowest BCUT2D eigenvalue weighted by atomic mass is 9.67. The summed E-state index contributed by atoms with van der Waals surface area (Å²) in [6.45, 7) is 14.8. The fourth-order valence-electron chi connectivity index (χ4n) is 2.52. The summed E-state index contributed by atoms with van der Waals surface area (Å²) in [6.07, 6.45) is 2.98. The Kier molecular flexibility index (Phi) is 3.30. The van der Waals surface area contributed by atoms with Gasteiger partial charge in [-0.1, -0.05) is 41.5 Å². The highest BCUT2D eigenvalue weighted by molar-refractivity contribution is 4.90. The van der Waals surface area contributed by atoms with E-state index < -0.39 is 0 Å². The van der Waals surface area contributed by atoms with Crippen molar-refractivity contribution in [3.63, 3.8) is 0 Å². The normalized spacial score (nSPS) is 30.4. The zero-order valence-corrected chi connectivity index (χ0v) is 10.7. The van der Waals surface area contributed by atoms with Crippen molar-refractivity contribution in [2.75, 3.05) is 6.61 Å². The van der Waals surface area contributed by atoms with E-state index in [4.69, 9.17) is 4.74 Å². The van der Waals surface area contributed by atoms with Crippen molar-refractivity contribution in [1.29, 1.82) is 0 Å². The Morgan fingerprint density at radius 2 is 1.50 bits per heavy atom. The van der Waals surface area contributed by atoms with E-state index >= 15 is 0 Å². The largest absolute Gasteiger partial charge is 0.377 e. The minimum Gasteiger partial charge on any atom is -0.377 e. The van der Waals surface area contributed by atoms with Crippen LogP contribution in [0.15, 0.2) is 0 Å². The molecule has 1 aliphatic rings. The molecule has 14 heavy (non-hydrogen) atoms. The molecule has 2 atom stereocenters. The first-order valence-corrected chi connectivity index (χ1v) is 5.84. The molecule has 0 radical (unpaired) electrons. The maximum atomic E-state index is 5.98. The van der Waals surface area contributed by atoms with E-state index in [0.29, 0.717) is 17.4 Å². The summed E-state index contributed by atoms with van der Waals surface area (Å²) < 4.78 is 5.98. The average Bonchev–Trinajstić information content (AvgIpc) is 2.01. The van der Waals surface area contributed by atoms with Crippen LogP contribution in [0.3, 0.4) is 0 Å². The minimum absolute atomic E-state index is 0.276. The summed E-state index contributed by atoms with van der Waals surface area (Å²) in [7, 11) is 0. The lowest BCUT2D eigenvalue weighted by Crippen LogP contribution is -2.45. The van der Waals surface area contributed by atoms with Gasteiger partial charge in [0.1, 0.15) is 0 Å². The standard InChI is InChI=1S/C13H26O/c1-12(2,3)10-8-7-9-14-11(10)13(4,5)6/h10-11H,7-9H2,1-6H3. The molecule has 1 rings (SSSR count). The van der Waals surface area contributed by atoms with Crippen molar-refractivity contribution in [3.05, 3.63) is 0 Å². The molecule has 1 heteroatoms. The van der Waals surface area contributed by atoms with Crippen LogP contribution in [0.25, 0.3) is 0 Å². The third kappa shape index (κ3) is 2.73. The number of rotatable bonds is 0. The molecule has 1 fully saturated rings. The van der Waals surface area contributed by atoms with Gasteiger partial charge in [0.05, 0.1) is 6.10 Å². The lowest BCUT2D eigenvalue weighted by Gasteiger charge is -2.46. The predicted octanol–water partition coefficient (Wildman–Crippen LogP) is 3.87. The zero-order chi connectivity index (χ0) is 11.0. The highest BCUT2D eigenvalue weighted by atomic mass is 16.5. The van der Waals surface area contributed by atoms with E-state index in [1.807, 2.05) is 0 Å². The summed E-state index contributed by atoms with van der Waals surface area (Å²) in [4.78, 5) is 0. The van der Waals surface area contributed by atoms with Crippen LogP contribution in [0.5, 0.6) is 0 Å². The topological polar surface area (TPSA) is 9.23 Å². The van der Waals surface area contributed by atoms with Crippen molar-refractivity contribution in [3.8, 4) is 0 Å². The smallest absolute Gasteiger partial charge is 0.0656 e. The van der Waals surface area contributed by atoms with Crippen molar-refractivity contribution in [2.24, 2.45) is 16.7 Å². The van der Waals surface area contributed by atoms with E-state index in [-0.39, 0.29) is 5.41 Å². The molecule has 2 unspecified atom stereocenters. The molecule has 0 bridgehead atoms. The Hall–Kier alpha value is -0.0400. The minimum atomic E-state index is 0.276. The predicted molar refractivity (Wildman–Crippen MR) is 61.4 cm³/mol. The Bertz CT molecular complexity index is 160. The first kappa shape index (κ1) is 12.0. The Balaban J connectivity index is 2.80. The van der Waals surface area contributed by atoms with Gasteiger partial charge in [-0.05, 0) is 29.6 Å². The molecule has 0 aromatic rings. The molecule has 0 aliphatic carbocycles. The van der Waals surface area contributed by atoms with Crippen LogP contribution in [0.1, 0.15) is 54.4 Å². The lowest BCUT2D eigenvalue weighted by molar-refractivity contribution is -0.115. The van der Waals surface area contributed by atoms with Crippen LogP contribution in [0, 0.1) is 16.7 Å². The fourth-order valence-corrected chi connectivity index (χ4v) is 2.52. The van der Waals surface area contributed by atoms with Crippen LogP contribution >= 0.6 is 0 Å². The summed E-state index contributed by atoms with van der Waals surface area (Å²) >= 11 is 0. The highest BCUT2D eigenvalue weighted by Crippen LogP contribution is 2.43. The van der Waals surface area contributed by atoms with Crippen LogP contribution in [-0.2, 0) is 4.74 Å². The number of ether oxygens (including phenoxy) is 1. The summed E-state index contributed by atoms with van der Waals surface area (Å²) in [5.74, 6) is 0.705. The Labute approximate surface area is 89.2 Å². The van der Waals surface area contributed by atoms with E-state index in [0.717, 1.165) is 6.61 Å². The molecule has 1 nitrogen and oxygen atoms in total. The first-order valence-electron chi connectivity index (χ1n) is 5.84. The van der Waals surface area contributed by atoms with E-state index in [1.165, 1.54) is 12.8 Å².